The summed E-state index contributed by atoms with van der Waals surface area (Å²) in [4.78, 5) is 8.93. The maximum Gasteiger partial charge on any atom is 0.142 e. The van der Waals surface area contributed by atoms with Crippen LogP contribution in [0.15, 0.2) is 54.0 Å². The monoisotopic (exact) mass is 393 g/mol. The number of halogens is 1. The third-order valence-corrected chi connectivity index (χ3v) is 4.32. The molecule has 0 bridgehead atoms. The molecular weight excluding hydrogens is 381 g/mol. The number of benzene rings is 1. The quantitative estimate of drug-likeness (QED) is 0.667. The first kappa shape index (κ1) is 13.5. The van der Waals surface area contributed by atoms with Gasteiger partial charge in [0.1, 0.15) is 5.01 Å². The summed E-state index contributed by atoms with van der Waals surface area (Å²) < 4.78 is 1.22. The van der Waals surface area contributed by atoms with Crippen molar-refractivity contribution in [1.29, 1.82) is 0 Å². The molecule has 2 heterocycles. The first-order chi connectivity index (χ1) is 9.81. The highest BCUT2D eigenvalue weighted by Gasteiger charge is 2.05. The summed E-state index contributed by atoms with van der Waals surface area (Å²) in [7, 11) is 0. The van der Waals surface area contributed by atoms with Crippen molar-refractivity contribution in [2.75, 3.05) is 5.32 Å². The summed E-state index contributed by atoms with van der Waals surface area (Å²) in [6, 6.07) is 14.2. The van der Waals surface area contributed by atoms with E-state index in [1.807, 2.05) is 24.3 Å². The van der Waals surface area contributed by atoms with Crippen molar-refractivity contribution in [2.24, 2.45) is 0 Å². The van der Waals surface area contributed by atoms with E-state index in [-0.39, 0.29) is 0 Å². The Labute approximate surface area is 135 Å². The second kappa shape index (κ2) is 6.32. The number of rotatable bonds is 4. The largest absolute Gasteiger partial charge is 0.379 e. The van der Waals surface area contributed by atoms with Gasteiger partial charge in [0, 0.05) is 20.8 Å². The van der Waals surface area contributed by atoms with Gasteiger partial charge in [0.05, 0.1) is 17.9 Å². The third kappa shape index (κ3) is 3.34. The van der Waals surface area contributed by atoms with Crippen LogP contribution in [0.25, 0.3) is 10.7 Å². The molecule has 100 valence electrons. The maximum absolute atomic E-state index is 4.61. The molecule has 3 aromatic rings. The fourth-order valence-corrected chi connectivity index (χ4v) is 3.12. The Morgan fingerprint density at radius 3 is 2.90 bits per heavy atom. The molecular formula is C15H12IN3S. The van der Waals surface area contributed by atoms with Crippen LogP contribution in [0.2, 0.25) is 0 Å². The fraction of sp³-hybridized carbons (Fsp3) is 0.0667. The van der Waals surface area contributed by atoms with Crippen LogP contribution >= 0.6 is 33.9 Å². The van der Waals surface area contributed by atoms with Gasteiger partial charge in [0.25, 0.3) is 0 Å². The van der Waals surface area contributed by atoms with Crippen LogP contribution in [0.4, 0.5) is 5.69 Å². The molecule has 0 saturated heterocycles. The molecule has 0 aliphatic heterocycles. The van der Waals surface area contributed by atoms with E-state index in [0.717, 1.165) is 28.6 Å². The maximum atomic E-state index is 4.61. The fourth-order valence-electron chi connectivity index (χ4n) is 1.79. The molecule has 0 unspecified atom stereocenters. The minimum atomic E-state index is 0.726. The molecule has 0 saturated carbocycles. The number of hydrogen-bond acceptors (Lipinski definition) is 4. The van der Waals surface area contributed by atoms with Gasteiger partial charge in [-0.05, 0) is 52.9 Å². The van der Waals surface area contributed by atoms with Gasteiger partial charge < -0.3 is 5.32 Å². The van der Waals surface area contributed by atoms with Crippen molar-refractivity contribution in [3.8, 4) is 10.7 Å². The van der Waals surface area contributed by atoms with Gasteiger partial charge in [-0.15, -0.1) is 11.3 Å². The topological polar surface area (TPSA) is 37.8 Å². The number of pyridine rings is 1. The zero-order valence-corrected chi connectivity index (χ0v) is 13.6. The normalized spacial score (nSPS) is 10.4. The van der Waals surface area contributed by atoms with Crippen LogP contribution in [-0.2, 0) is 6.54 Å². The van der Waals surface area contributed by atoms with Crippen LogP contribution in [0.5, 0.6) is 0 Å². The van der Waals surface area contributed by atoms with Gasteiger partial charge in [-0.25, -0.2) is 4.98 Å². The molecule has 0 amide bonds. The standard InChI is InChI=1S/C15H12IN3S/c16-11-4-3-5-12(8-11)18-9-13-10-20-15(19-13)14-6-1-2-7-17-14/h1-8,10,18H,9H2. The van der Waals surface area contributed by atoms with E-state index in [4.69, 9.17) is 0 Å². The molecule has 2 aromatic heterocycles. The van der Waals surface area contributed by atoms with Gasteiger partial charge in [-0.2, -0.15) is 0 Å². The Balaban J connectivity index is 1.69. The zero-order valence-electron chi connectivity index (χ0n) is 10.6. The van der Waals surface area contributed by atoms with Crippen LogP contribution in [0, 0.1) is 3.57 Å². The lowest BCUT2D eigenvalue weighted by molar-refractivity contribution is 1.07. The lowest BCUT2D eigenvalue weighted by Gasteiger charge is -2.04. The van der Waals surface area contributed by atoms with Crippen LogP contribution in [0.1, 0.15) is 5.69 Å². The van der Waals surface area contributed by atoms with Gasteiger partial charge in [-0.3, -0.25) is 4.98 Å². The zero-order chi connectivity index (χ0) is 13.8. The summed E-state index contributed by atoms with van der Waals surface area (Å²) in [6.45, 7) is 0.726. The van der Waals surface area contributed by atoms with Crippen molar-refractivity contribution in [3.05, 3.63) is 63.3 Å². The molecule has 0 aliphatic rings. The first-order valence-electron chi connectivity index (χ1n) is 6.16. The lowest BCUT2D eigenvalue weighted by atomic mass is 10.3. The van der Waals surface area contributed by atoms with Crippen molar-refractivity contribution >= 4 is 39.6 Å². The Morgan fingerprint density at radius 2 is 2.10 bits per heavy atom. The SMILES string of the molecule is Ic1cccc(NCc2csc(-c3ccccn3)n2)c1. The second-order valence-electron chi connectivity index (χ2n) is 4.22. The van der Waals surface area contributed by atoms with E-state index in [0.29, 0.717) is 0 Å². The Bertz CT molecular complexity index is 697. The number of thiazole rings is 1. The van der Waals surface area contributed by atoms with E-state index in [1.165, 1.54) is 3.57 Å². The smallest absolute Gasteiger partial charge is 0.142 e. The highest BCUT2D eigenvalue weighted by Crippen LogP contribution is 2.22. The van der Waals surface area contributed by atoms with Gasteiger partial charge in [0.15, 0.2) is 0 Å². The molecule has 3 nitrogen and oxygen atoms in total. The van der Waals surface area contributed by atoms with E-state index in [9.17, 15) is 0 Å². The van der Waals surface area contributed by atoms with Gasteiger partial charge in [0.2, 0.25) is 0 Å². The lowest BCUT2D eigenvalue weighted by Crippen LogP contribution is -1.99. The predicted molar refractivity (Wildman–Crippen MR) is 91.8 cm³/mol. The molecule has 1 N–H and O–H groups in total. The number of nitrogens with zero attached hydrogens (tertiary/aromatic N) is 2. The minimum absolute atomic E-state index is 0.726. The molecule has 0 aliphatic carbocycles. The summed E-state index contributed by atoms with van der Waals surface area (Å²) in [5.41, 5.74) is 3.08. The molecule has 5 heteroatoms. The van der Waals surface area contributed by atoms with Crippen molar-refractivity contribution in [3.63, 3.8) is 0 Å². The highest BCUT2D eigenvalue weighted by molar-refractivity contribution is 14.1. The number of aromatic nitrogens is 2. The number of hydrogen-bond donors (Lipinski definition) is 1. The third-order valence-electron chi connectivity index (χ3n) is 2.73. The molecule has 0 spiro atoms. The Kier molecular flexibility index (Phi) is 4.27. The van der Waals surface area contributed by atoms with E-state index >= 15 is 0 Å². The second-order valence-corrected chi connectivity index (χ2v) is 6.33. The van der Waals surface area contributed by atoms with Crippen LogP contribution in [0.3, 0.4) is 0 Å². The molecule has 1 aromatic carbocycles. The number of nitrogens with one attached hydrogen (secondary N) is 1. The van der Waals surface area contributed by atoms with E-state index in [1.54, 1.807) is 17.5 Å². The van der Waals surface area contributed by atoms with E-state index in [2.05, 4.69) is 61.5 Å². The van der Waals surface area contributed by atoms with E-state index < -0.39 is 0 Å². The van der Waals surface area contributed by atoms with Gasteiger partial charge in [-0.1, -0.05) is 12.1 Å². The average Bonchev–Trinajstić information content (AvgIpc) is 2.95. The van der Waals surface area contributed by atoms with Crippen LogP contribution < -0.4 is 5.32 Å². The summed E-state index contributed by atoms with van der Waals surface area (Å²) >= 11 is 3.94. The number of anilines is 1. The predicted octanol–water partition coefficient (Wildman–Crippen LogP) is 4.42. The summed E-state index contributed by atoms with van der Waals surface area (Å²) in [5, 5.41) is 6.42. The minimum Gasteiger partial charge on any atom is -0.379 e. The molecule has 0 radical (unpaired) electrons. The highest BCUT2D eigenvalue weighted by atomic mass is 127. The molecule has 3 rings (SSSR count). The Hall–Kier alpha value is -1.47. The van der Waals surface area contributed by atoms with Crippen molar-refractivity contribution in [1.82, 2.24) is 9.97 Å². The van der Waals surface area contributed by atoms with Crippen LogP contribution in [-0.4, -0.2) is 9.97 Å². The summed E-state index contributed by atoms with van der Waals surface area (Å²) in [5.74, 6) is 0. The molecule has 0 atom stereocenters. The first-order valence-corrected chi connectivity index (χ1v) is 8.12. The van der Waals surface area contributed by atoms with Crippen molar-refractivity contribution < 1.29 is 0 Å². The molecule has 0 fully saturated rings. The average molecular weight is 393 g/mol. The molecule has 20 heavy (non-hydrogen) atoms. The van der Waals surface area contributed by atoms with Gasteiger partial charge >= 0.3 is 0 Å². The Morgan fingerprint density at radius 1 is 1.15 bits per heavy atom. The van der Waals surface area contributed by atoms with Crippen molar-refractivity contribution in [2.45, 2.75) is 6.54 Å². The summed E-state index contributed by atoms with van der Waals surface area (Å²) in [6.07, 6.45) is 1.79.